The minimum absolute atomic E-state index is 0.0244. The summed E-state index contributed by atoms with van der Waals surface area (Å²) in [5.41, 5.74) is 0.328. The molecule has 0 aliphatic rings. The second-order valence-electron chi connectivity index (χ2n) is 7.65. The number of aromatic nitrogens is 2. The van der Waals surface area contributed by atoms with Gasteiger partial charge in [-0.1, -0.05) is 26.2 Å². The van der Waals surface area contributed by atoms with E-state index in [1.54, 1.807) is 29.9 Å². The summed E-state index contributed by atoms with van der Waals surface area (Å²) in [4.78, 5) is 31.4. The average Bonchev–Trinajstić information content (AvgIpc) is 2.82. The minimum atomic E-state index is -0.385. The highest BCUT2D eigenvalue weighted by atomic mass is 16.5. The Bertz CT molecular complexity index is 1370. The van der Waals surface area contributed by atoms with Crippen LogP contribution in [-0.2, 0) is 6.54 Å². The fraction of sp³-hybridized carbons (Fsp3) is 0.320. The molecule has 0 amide bonds. The van der Waals surface area contributed by atoms with E-state index >= 15 is 0 Å². The van der Waals surface area contributed by atoms with Gasteiger partial charge in [0.05, 0.1) is 19.6 Å². The summed E-state index contributed by atoms with van der Waals surface area (Å²) < 4.78 is 18.0. The van der Waals surface area contributed by atoms with Crippen molar-refractivity contribution in [2.75, 3.05) is 14.2 Å². The van der Waals surface area contributed by atoms with Gasteiger partial charge in [-0.3, -0.25) is 14.2 Å². The third-order valence-electron chi connectivity index (χ3n) is 5.59. The summed E-state index contributed by atoms with van der Waals surface area (Å²) in [5.74, 6) is 1.72. The molecule has 0 aliphatic carbocycles. The lowest BCUT2D eigenvalue weighted by Gasteiger charge is -2.14. The summed E-state index contributed by atoms with van der Waals surface area (Å²) in [6.07, 6.45) is 3.99. The Morgan fingerprint density at radius 3 is 2.34 bits per heavy atom. The maximum absolute atomic E-state index is 13.5. The first-order valence-electron chi connectivity index (χ1n) is 10.8. The van der Waals surface area contributed by atoms with Gasteiger partial charge in [-0.15, -0.1) is 0 Å². The van der Waals surface area contributed by atoms with Crippen molar-refractivity contribution in [3.63, 3.8) is 0 Å². The molecule has 7 heteroatoms. The molecule has 4 rings (SSSR count). The molecular weight excluding hydrogens is 408 g/mol. The molecule has 0 radical (unpaired) electrons. The molecule has 0 N–H and O–H groups in total. The van der Waals surface area contributed by atoms with E-state index in [9.17, 15) is 9.59 Å². The lowest BCUT2D eigenvalue weighted by Crippen LogP contribution is -2.27. The molecule has 0 atom stereocenters. The monoisotopic (exact) mass is 434 g/mol. The SMILES string of the molecule is CCCCCCn1c(-c2ccc(OC)cc2)nc2oc3cc(OC)ccc3c(=O)c2c1=O. The van der Waals surface area contributed by atoms with Gasteiger partial charge in [-0.2, -0.15) is 4.98 Å². The Kier molecular flexibility index (Phi) is 6.25. The van der Waals surface area contributed by atoms with Crippen molar-refractivity contribution in [1.82, 2.24) is 9.55 Å². The average molecular weight is 434 g/mol. The molecule has 0 bridgehead atoms. The van der Waals surface area contributed by atoms with Crippen LogP contribution in [0, 0.1) is 0 Å². The van der Waals surface area contributed by atoms with Gasteiger partial charge >= 0.3 is 0 Å². The summed E-state index contributed by atoms with van der Waals surface area (Å²) in [6, 6.07) is 12.2. The first-order chi connectivity index (χ1) is 15.6. The summed E-state index contributed by atoms with van der Waals surface area (Å²) >= 11 is 0. The van der Waals surface area contributed by atoms with Crippen LogP contribution < -0.4 is 20.5 Å². The predicted octanol–water partition coefficient (Wildman–Crippen LogP) is 4.77. The van der Waals surface area contributed by atoms with Gasteiger partial charge in [-0.05, 0) is 42.8 Å². The predicted molar refractivity (Wildman–Crippen MR) is 125 cm³/mol. The van der Waals surface area contributed by atoms with Crippen LogP contribution >= 0.6 is 0 Å². The Hall–Kier alpha value is -3.61. The van der Waals surface area contributed by atoms with Crippen molar-refractivity contribution < 1.29 is 13.9 Å². The van der Waals surface area contributed by atoms with Crippen LogP contribution in [0.3, 0.4) is 0 Å². The van der Waals surface area contributed by atoms with Gasteiger partial charge in [0.15, 0.2) is 5.39 Å². The van der Waals surface area contributed by atoms with Crippen LogP contribution in [0.25, 0.3) is 33.5 Å². The Balaban J connectivity index is 1.96. The van der Waals surface area contributed by atoms with E-state index in [1.165, 1.54) is 7.11 Å². The Morgan fingerprint density at radius 1 is 0.938 bits per heavy atom. The van der Waals surface area contributed by atoms with Crippen LogP contribution in [-0.4, -0.2) is 23.8 Å². The molecule has 0 spiro atoms. The van der Waals surface area contributed by atoms with Crippen LogP contribution in [0.15, 0.2) is 56.5 Å². The molecule has 4 aromatic rings. The molecule has 32 heavy (non-hydrogen) atoms. The number of methoxy groups -OCH3 is 2. The van der Waals surface area contributed by atoms with Crippen LogP contribution in [0.1, 0.15) is 32.6 Å². The third-order valence-corrected chi connectivity index (χ3v) is 5.59. The molecule has 0 saturated carbocycles. The van der Waals surface area contributed by atoms with Crippen molar-refractivity contribution in [2.45, 2.75) is 39.2 Å². The van der Waals surface area contributed by atoms with Crippen molar-refractivity contribution in [3.05, 3.63) is 63.0 Å². The number of nitrogens with zero attached hydrogens (tertiary/aromatic N) is 2. The number of ether oxygens (including phenoxy) is 2. The highest BCUT2D eigenvalue weighted by Crippen LogP contribution is 2.25. The highest BCUT2D eigenvalue weighted by molar-refractivity contribution is 5.89. The van der Waals surface area contributed by atoms with E-state index < -0.39 is 0 Å². The fourth-order valence-corrected chi connectivity index (χ4v) is 3.81. The second kappa shape index (κ2) is 9.26. The summed E-state index contributed by atoms with van der Waals surface area (Å²) in [6.45, 7) is 2.61. The molecule has 0 aliphatic heterocycles. The van der Waals surface area contributed by atoms with Gasteiger partial charge in [-0.25, -0.2) is 0 Å². The second-order valence-corrected chi connectivity index (χ2v) is 7.65. The number of rotatable bonds is 8. The van der Waals surface area contributed by atoms with Crippen molar-refractivity contribution >= 4 is 22.1 Å². The fourth-order valence-electron chi connectivity index (χ4n) is 3.81. The van der Waals surface area contributed by atoms with Gasteiger partial charge < -0.3 is 13.9 Å². The van der Waals surface area contributed by atoms with Crippen molar-refractivity contribution in [2.24, 2.45) is 0 Å². The normalized spacial score (nSPS) is 11.2. The van der Waals surface area contributed by atoms with E-state index in [2.05, 4.69) is 11.9 Å². The molecule has 0 unspecified atom stereocenters. The standard InChI is InChI=1S/C25H26N2O5/c1-4-5-6-7-14-27-23(16-8-10-17(30-2)11-9-16)26-24-21(25(27)29)22(28)19-13-12-18(31-3)15-20(19)32-24/h8-13,15H,4-7,14H2,1-3H3. The minimum Gasteiger partial charge on any atom is -0.497 e. The molecule has 7 nitrogen and oxygen atoms in total. The number of hydrogen-bond donors (Lipinski definition) is 0. The van der Waals surface area contributed by atoms with Gasteiger partial charge in [0.1, 0.15) is 22.9 Å². The summed E-state index contributed by atoms with van der Waals surface area (Å²) in [5, 5.41) is 0.294. The summed E-state index contributed by atoms with van der Waals surface area (Å²) in [7, 11) is 3.14. The van der Waals surface area contributed by atoms with E-state index in [1.807, 2.05) is 24.3 Å². The smallest absolute Gasteiger partial charge is 0.269 e. The lowest BCUT2D eigenvalue weighted by atomic mass is 10.1. The zero-order valence-electron chi connectivity index (χ0n) is 18.5. The van der Waals surface area contributed by atoms with E-state index in [4.69, 9.17) is 13.9 Å². The topological polar surface area (TPSA) is 83.6 Å². The number of fused-ring (bicyclic) bond motifs is 2. The van der Waals surface area contributed by atoms with Gasteiger partial charge in [0, 0.05) is 18.2 Å². The zero-order chi connectivity index (χ0) is 22.7. The largest absolute Gasteiger partial charge is 0.497 e. The van der Waals surface area contributed by atoms with Crippen LogP contribution in [0.4, 0.5) is 0 Å². The van der Waals surface area contributed by atoms with Gasteiger partial charge in [0.25, 0.3) is 5.56 Å². The molecule has 2 aromatic carbocycles. The number of unbranched alkanes of at least 4 members (excludes halogenated alkanes) is 3. The first-order valence-corrected chi connectivity index (χ1v) is 10.8. The molecule has 2 heterocycles. The molecule has 0 fully saturated rings. The molecular formula is C25H26N2O5. The molecule has 2 aromatic heterocycles. The van der Waals surface area contributed by atoms with Crippen molar-refractivity contribution in [3.8, 4) is 22.9 Å². The van der Waals surface area contributed by atoms with Crippen LogP contribution in [0.2, 0.25) is 0 Å². The Labute approximate surface area is 185 Å². The maximum atomic E-state index is 13.5. The first kappa shape index (κ1) is 21.6. The molecule has 0 saturated heterocycles. The van der Waals surface area contributed by atoms with E-state index in [0.717, 1.165) is 31.2 Å². The highest BCUT2D eigenvalue weighted by Gasteiger charge is 2.19. The number of hydrogen-bond acceptors (Lipinski definition) is 6. The lowest BCUT2D eigenvalue weighted by molar-refractivity contribution is 0.414. The van der Waals surface area contributed by atoms with Crippen LogP contribution in [0.5, 0.6) is 11.5 Å². The maximum Gasteiger partial charge on any atom is 0.269 e. The quantitative estimate of drug-likeness (QED) is 0.293. The number of benzene rings is 2. The van der Waals surface area contributed by atoms with Crippen molar-refractivity contribution in [1.29, 1.82) is 0 Å². The van der Waals surface area contributed by atoms with E-state index in [0.29, 0.717) is 34.8 Å². The van der Waals surface area contributed by atoms with E-state index in [-0.39, 0.29) is 22.1 Å². The molecule has 166 valence electrons. The zero-order valence-corrected chi connectivity index (χ0v) is 18.5. The Morgan fingerprint density at radius 2 is 1.66 bits per heavy atom. The third kappa shape index (κ3) is 3.98. The van der Waals surface area contributed by atoms with Gasteiger partial charge in [0.2, 0.25) is 11.1 Å².